The Morgan fingerprint density at radius 2 is 2.11 bits per heavy atom. The molecule has 2 saturated heterocycles. The van der Waals surface area contributed by atoms with Crippen LogP contribution < -0.4 is 5.32 Å². The number of hydrogen-bond donors (Lipinski definition) is 2. The second kappa shape index (κ2) is 4.47. The fourth-order valence-electron chi connectivity index (χ4n) is 3.18. The third-order valence-corrected chi connectivity index (χ3v) is 6.21. The van der Waals surface area contributed by atoms with Crippen molar-refractivity contribution in [2.75, 3.05) is 25.4 Å². The molecule has 6 nitrogen and oxygen atoms in total. The Hall–Kier alpha value is -0.660. The molecular formula is C11H20N2O4S. The monoisotopic (exact) mass is 276 g/mol. The quantitative estimate of drug-likeness (QED) is 0.737. The van der Waals surface area contributed by atoms with Gasteiger partial charge in [-0.2, -0.15) is 4.31 Å². The number of carbonyl (C=O) groups is 1. The Bertz CT molecular complexity index is 446. The highest BCUT2D eigenvalue weighted by Gasteiger charge is 2.53. The standard InChI is InChI=1S/C11H20N2O4S/c1-11(2)9-6-12-5-8(9)7-13(11)18(16,17)4-3-10(14)15/h8-9,12H,3-7H2,1-2H3,(H,14,15). The number of fused-ring (bicyclic) bond motifs is 1. The van der Waals surface area contributed by atoms with Gasteiger partial charge in [0.05, 0.1) is 12.2 Å². The lowest BCUT2D eigenvalue weighted by atomic mass is 9.85. The molecule has 2 fully saturated rings. The van der Waals surface area contributed by atoms with Crippen LogP contribution in [0.4, 0.5) is 0 Å². The van der Waals surface area contributed by atoms with Gasteiger partial charge < -0.3 is 10.4 Å². The van der Waals surface area contributed by atoms with Crippen LogP contribution in [-0.4, -0.2) is 54.7 Å². The molecule has 0 aromatic rings. The van der Waals surface area contributed by atoms with Gasteiger partial charge in [-0.05, 0) is 32.2 Å². The molecule has 2 aliphatic heterocycles. The van der Waals surface area contributed by atoms with Gasteiger partial charge >= 0.3 is 5.97 Å². The minimum Gasteiger partial charge on any atom is -0.481 e. The Morgan fingerprint density at radius 1 is 1.44 bits per heavy atom. The average Bonchev–Trinajstić information content (AvgIpc) is 2.79. The summed E-state index contributed by atoms with van der Waals surface area (Å²) in [5, 5.41) is 11.9. The maximum atomic E-state index is 12.2. The topological polar surface area (TPSA) is 86.7 Å². The summed E-state index contributed by atoms with van der Waals surface area (Å²) in [5.74, 6) is -0.715. The van der Waals surface area contributed by atoms with E-state index in [0.29, 0.717) is 18.4 Å². The van der Waals surface area contributed by atoms with Crippen molar-refractivity contribution in [1.29, 1.82) is 0 Å². The van der Waals surface area contributed by atoms with Crippen molar-refractivity contribution >= 4 is 16.0 Å². The molecule has 2 N–H and O–H groups in total. The molecule has 18 heavy (non-hydrogen) atoms. The van der Waals surface area contributed by atoms with Crippen molar-refractivity contribution in [3.63, 3.8) is 0 Å². The summed E-state index contributed by atoms with van der Waals surface area (Å²) in [6, 6.07) is 0. The van der Waals surface area contributed by atoms with E-state index in [2.05, 4.69) is 5.32 Å². The highest BCUT2D eigenvalue weighted by Crippen LogP contribution is 2.42. The van der Waals surface area contributed by atoms with Crippen LogP contribution in [-0.2, 0) is 14.8 Å². The molecule has 0 amide bonds. The van der Waals surface area contributed by atoms with Gasteiger partial charge in [-0.25, -0.2) is 8.42 Å². The number of sulfonamides is 1. The van der Waals surface area contributed by atoms with Crippen LogP contribution in [0.25, 0.3) is 0 Å². The zero-order valence-corrected chi connectivity index (χ0v) is 11.5. The summed E-state index contributed by atoms with van der Waals surface area (Å²) in [4.78, 5) is 10.5. The van der Waals surface area contributed by atoms with Gasteiger partial charge in [0.1, 0.15) is 0 Å². The maximum Gasteiger partial charge on any atom is 0.304 e. The van der Waals surface area contributed by atoms with Crippen molar-refractivity contribution in [3.05, 3.63) is 0 Å². The molecule has 0 bridgehead atoms. The lowest BCUT2D eigenvalue weighted by Gasteiger charge is -2.34. The first kappa shape index (κ1) is 13.8. The fraction of sp³-hybridized carbons (Fsp3) is 0.909. The fourth-order valence-corrected chi connectivity index (χ4v) is 5.11. The summed E-state index contributed by atoms with van der Waals surface area (Å²) in [5.41, 5.74) is -0.425. The molecule has 2 aliphatic rings. The van der Waals surface area contributed by atoms with E-state index in [1.165, 1.54) is 4.31 Å². The van der Waals surface area contributed by atoms with E-state index in [4.69, 9.17) is 5.11 Å². The predicted molar refractivity (Wildman–Crippen MR) is 66.7 cm³/mol. The number of aliphatic carboxylic acids is 1. The van der Waals surface area contributed by atoms with Gasteiger partial charge in [0.15, 0.2) is 0 Å². The molecule has 7 heteroatoms. The Morgan fingerprint density at radius 3 is 2.67 bits per heavy atom. The van der Waals surface area contributed by atoms with Gasteiger partial charge in [-0.15, -0.1) is 0 Å². The van der Waals surface area contributed by atoms with Gasteiger partial charge in [0.2, 0.25) is 10.0 Å². The second-order valence-electron chi connectivity index (χ2n) is 5.67. The lowest BCUT2D eigenvalue weighted by molar-refractivity contribution is -0.136. The van der Waals surface area contributed by atoms with Crippen LogP contribution >= 0.6 is 0 Å². The van der Waals surface area contributed by atoms with E-state index in [-0.39, 0.29) is 12.2 Å². The third kappa shape index (κ3) is 2.26. The predicted octanol–water partition coefficient (Wildman–Crippen LogP) is -0.279. The van der Waals surface area contributed by atoms with Crippen LogP contribution in [0.3, 0.4) is 0 Å². The number of carboxylic acid groups (broad SMARTS) is 1. The highest BCUT2D eigenvalue weighted by molar-refractivity contribution is 7.89. The highest BCUT2D eigenvalue weighted by atomic mass is 32.2. The Kier molecular flexibility index (Phi) is 3.42. The summed E-state index contributed by atoms with van der Waals surface area (Å²) in [6.07, 6.45) is -0.331. The summed E-state index contributed by atoms with van der Waals surface area (Å²) >= 11 is 0. The first-order chi connectivity index (χ1) is 8.25. The number of nitrogens with one attached hydrogen (secondary N) is 1. The van der Waals surface area contributed by atoms with Crippen molar-refractivity contribution < 1.29 is 18.3 Å². The van der Waals surface area contributed by atoms with E-state index in [9.17, 15) is 13.2 Å². The van der Waals surface area contributed by atoms with Gasteiger partial charge in [-0.1, -0.05) is 0 Å². The van der Waals surface area contributed by atoms with Gasteiger partial charge in [-0.3, -0.25) is 4.79 Å². The molecule has 2 heterocycles. The molecule has 0 radical (unpaired) electrons. The number of rotatable bonds is 4. The van der Waals surface area contributed by atoms with E-state index < -0.39 is 21.5 Å². The van der Waals surface area contributed by atoms with E-state index in [1.54, 1.807) is 0 Å². The molecular weight excluding hydrogens is 256 g/mol. The minimum atomic E-state index is -3.48. The van der Waals surface area contributed by atoms with E-state index >= 15 is 0 Å². The van der Waals surface area contributed by atoms with Crippen molar-refractivity contribution in [2.45, 2.75) is 25.8 Å². The summed E-state index contributed by atoms with van der Waals surface area (Å²) in [6.45, 7) is 6.06. The molecule has 0 aliphatic carbocycles. The molecule has 104 valence electrons. The van der Waals surface area contributed by atoms with Crippen LogP contribution in [0.2, 0.25) is 0 Å². The first-order valence-corrected chi connectivity index (χ1v) is 7.79. The zero-order chi connectivity index (χ0) is 13.6. The molecule has 2 unspecified atom stereocenters. The molecule has 2 rings (SSSR count). The minimum absolute atomic E-state index is 0.307. The van der Waals surface area contributed by atoms with E-state index in [0.717, 1.165) is 13.1 Å². The molecule has 0 saturated carbocycles. The Balaban J connectivity index is 2.16. The van der Waals surface area contributed by atoms with Crippen LogP contribution in [0.1, 0.15) is 20.3 Å². The van der Waals surface area contributed by atoms with Crippen LogP contribution in [0, 0.1) is 11.8 Å². The normalized spacial score (nSPS) is 31.4. The lowest BCUT2D eigenvalue weighted by Crippen LogP contribution is -2.48. The number of carboxylic acids is 1. The molecule has 0 spiro atoms. The largest absolute Gasteiger partial charge is 0.481 e. The smallest absolute Gasteiger partial charge is 0.304 e. The van der Waals surface area contributed by atoms with Crippen LogP contribution in [0.15, 0.2) is 0 Å². The molecule has 0 aromatic carbocycles. The first-order valence-electron chi connectivity index (χ1n) is 6.18. The third-order valence-electron chi connectivity index (χ3n) is 4.20. The summed E-state index contributed by atoms with van der Waals surface area (Å²) < 4.78 is 26.0. The Labute approximate surface area is 107 Å². The second-order valence-corrected chi connectivity index (χ2v) is 7.68. The van der Waals surface area contributed by atoms with Gasteiger partial charge in [0.25, 0.3) is 0 Å². The van der Waals surface area contributed by atoms with Crippen molar-refractivity contribution in [1.82, 2.24) is 9.62 Å². The summed E-state index contributed by atoms with van der Waals surface area (Å²) in [7, 11) is -3.48. The van der Waals surface area contributed by atoms with Crippen LogP contribution in [0.5, 0.6) is 0 Å². The zero-order valence-electron chi connectivity index (χ0n) is 10.7. The van der Waals surface area contributed by atoms with Gasteiger partial charge in [0, 0.05) is 18.6 Å². The average molecular weight is 276 g/mol. The molecule has 0 aromatic heterocycles. The van der Waals surface area contributed by atoms with E-state index in [1.807, 2.05) is 13.8 Å². The number of nitrogens with zero attached hydrogens (tertiary/aromatic N) is 1. The van der Waals surface area contributed by atoms with Crippen molar-refractivity contribution in [2.24, 2.45) is 11.8 Å². The maximum absolute atomic E-state index is 12.2. The molecule has 2 atom stereocenters. The van der Waals surface area contributed by atoms with Crippen molar-refractivity contribution in [3.8, 4) is 0 Å². The number of hydrogen-bond acceptors (Lipinski definition) is 4. The SMILES string of the molecule is CC1(C)C2CNCC2CN1S(=O)(=O)CCC(=O)O.